The van der Waals surface area contributed by atoms with Crippen molar-refractivity contribution in [3.05, 3.63) is 47.9 Å². The maximum atomic E-state index is 13.0. The Morgan fingerprint density at radius 2 is 2.21 bits per heavy atom. The number of para-hydroxylation sites is 1. The van der Waals surface area contributed by atoms with Gasteiger partial charge in [-0.2, -0.15) is 13.2 Å². The molecular weight excluding hydrogens is 385 g/mol. The molecule has 152 valence electrons. The first-order valence-electron chi connectivity index (χ1n) is 9.07. The van der Waals surface area contributed by atoms with Crippen molar-refractivity contribution in [1.29, 1.82) is 0 Å². The van der Waals surface area contributed by atoms with Crippen LogP contribution in [0, 0.1) is 0 Å². The molecule has 0 aliphatic carbocycles. The van der Waals surface area contributed by atoms with Gasteiger partial charge < -0.3 is 14.5 Å². The minimum absolute atomic E-state index is 0.0854. The fourth-order valence-corrected chi connectivity index (χ4v) is 3.67. The van der Waals surface area contributed by atoms with Crippen molar-refractivity contribution in [1.82, 2.24) is 9.97 Å². The number of methoxy groups -OCH3 is 1. The summed E-state index contributed by atoms with van der Waals surface area (Å²) >= 11 is 0. The van der Waals surface area contributed by atoms with Crippen LogP contribution in [0.5, 0.6) is 5.75 Å². The van der Waals surface area contributed by atoms with Crippen molar-refractivity contribution in [3.63, 3.8) is 0 Å². The molecule has 6 nitrogen and oxygen atoms in total. The highest BCUT2D eigenvalue weighted by atomic mass is 19.4. The second-order valence-electron chi connectivity index (χ2n) is 7.31. The number of alkyl halides is 3. The molecule has 3 heterocycles. The van der Waals surface area contributed by atoms with Gasteiger partial charge in [-0.25, -0.2) is 4.98 Å². The van der Waals surface area contributed by atoms with E-state index in [4.69, 9.17) is 9.47 Å². The molecule has 0 radical (unpaired) electrons. The average Bonchev–Trinajstić information content (AvgIpc) is 3.11. The lowest BCUT2D eigenvalue weighted by Crippen LogP contribution is -2.42. The number of benzene rings is 1. The molecule has 0 fully saturated rings. The molecular formula is C20H20F3N4O2+. The van der Waals surface area contributed by atoms with Gasteiger partial charge in [-0.3, -0.25) is 0 Å². The zero-order valence-corrected chi connectivity index (χ0v) is 15.9. The number of rotatable bonds is 4. The number of halogens is 3. The lowest BCUT2D eigenvalue weighted by molar-refractivity contribution is -0.365. The summed E-state index contributed by atoms with van der Waals surface area (Å²) in [6.07, 6.45) is -0.806. The second kappa shape index (κ2) is 7.14. The summed E-state index contributed by atoms with van der Waals surface area (Å²) in [4.78, 5) is 13.5. The monoisotopic (exact) mass is 405 g/mol. The number of hydrogen-bond acceptors (Lipinski definition) is 4. The molecule has 0 amide bonds. The topological polar surface area (TPSA) is 73.6 Å². The van der Waals surface area contributed by atoms with E-state index in [1.165, 1.54) is 6.33 Å². The predicted octanol–water partition coefficient (Wildman–Crippen LogP) is 4.07. The first-order valence-corrected chi connectivity index (χ1v) is 9.07. The number of aromatic amines is 2. The van der Waals surface area contributed by atoms with E-state index in [0.717, 1.165) is 17.4 Å². The van der Waals surface area contributed by atoms with Crippen LogP contribution in [-0.2, 0) is 10.9 Å². The quantitative estimate of drug-likeness (QED) is 0.665. The van der Waals surface area contributed by atoms with E-state index in [0.29, 0.717) is 18.8 Å². The number of nitrogens with one attached hydrogen (secondary N) is 2. The molecule has 2 N–H and O–H groups in total. The largest absolute Gasteiger partial charge is 0.485 e. The third-order valence-electron chi connectivity index (χ3n) is 4.91. The first kappa shape index (κ1) is 19.4. The van der Waals surface area contributed by atoms with Gasteiger partial charge in [-0.05, 0) is 19.1 Å². The van der Waals surface area contributed by atoms with Gasteiger partial charge in [0.15, 0.2) is 0 Å². The highest BCUT2D eigenvalue weighted by Gasteiger charge is 2.37. The van der Waals surface area contributed by atoms with E-state index >= 15 is 0 Å². The van der Waals surface area contributed by atoms with E-state index in [1.54, 1.807) is 13.3 Å². The molecule has 1 unspecified atom stereocenters. The first-order chi connectivity index (χ1) is 13.8. The van der Waals surface area contributed by atoms with Crippen LogP contribution in [0.25, 0.3) is 11.0 Å². The summed E-state index contributed by atoms with van der Waals surface area (Å²) in [5, 5.41) is 0.274. The Bertz CT molecular complexity index is 1060. The number of aromatic nitrogens is 3. The smallest absolute Gasteiger partial charge is 0.431 e. The van der Waals surface area contributed by atoms with Crippen molar-refractivity contribution in [2.75, 3.05) is 13.7 Å². The predicted molar refractivity (Wildman–Crippen MR) is 101 cm³/mol. The van der Waals surface area contributed by atoms with Gasteiger partial charge in [0.1, 0.15) is 22.4 Å². The number of aliphatic imine (C=N–C) groups is 1. The summed E-state index contributed by atoms with van der Waals surface area (Å²) < 4.78 is 50.5. The van der Waals surface area contributed by atoms with Crippen LogP contribution in [-0.4, -0.2) is 35.5 Å². The fourth-order valence-electron chi connectivity index (χ4n) is 3.67. The maximum absolute atomic E-state index is 13.0. The molecule has 2 aromatic heterocycles. The molecule has 0 bridgehead atoms. The second-order valence-corrected chi connectivity index (χ2v) is 7.31. The van der Waals surface area contributed by atoms with E-state index < -0.39 is 17.5 Å². The van der Waals surface area contributed by atoms with Gasteiger partial charge in [0, 0.05) is 25.0 Å². The highest BCUT2D eigenvalue weighted by Crippen LogP contribution is 2.40. The van der Waals surface area contributed by atoms with Gasteiger partial charge in [-0.1, -0.05) is 23.2 Å². The summed E-state index contributed by atoms with van der Waals surface area (Å²) in [6.45, 7) is 2.37. The number of hydrogen-bond donors (Lipinski definition) is 1. The van der Waals surface area contributed by atoms with Crippen molar-refractivity contribution in [3.8, 4) is 5.75 Å². The molecule has 3 aromatic rings. The Hall–Kier alpha value is -2.94. The minimum Gasteiger partial charge on any atom is -0.485 e. The Balaban J connectivity index is 1.71. The normalized spacial score (nSPS) is 22.0. The molecule has 9 heteroatoms. The Morgan fingerprint density at radius 3 is 2.97 bits per heavy atom. The fraction of sp³-hybridized carbons (Fsp3) is 0.350. The maximum Gasteiger partial charge on any atom is 0.431 e. The molecule has 0 saturated carbocycles. The Kier molecular flexibility index (Phi) is 4.77. The van der Waals surface area contributed by atoms with Crippen LogP contribution >= 0.6 is 0 Å². The van der Waals surface area contributed by atoms with Gasteiger partial charge >= 0.3 is 6.18 Å². The third kappa shape index (κ3) is 3.82. The van der Waals surface area contributed by atoms with Crippen LogP contribution in [0.15, 0.2) is 41.7 Å². The zero-order valence-electron chi connectivity index (χ0n) is 15.9. The molecule has 0 spiro atoms. The van der Waals surface area contributed by atoms with Gasteiger partial charge in [-0.15, -0.1) is 4.99 Å². The van der Waals surface area contributed by atoms with Gasteiger partial charge in [0.25, 0.3) is 5.82 Å². The Labute approximate surface area is 164 Å². The number of nitrogens with zero attached hydrogens (tertiary/aromatic N) is 2. The molecule has 1 aliphatic heterocycles. The number of ether oxygens (including phenoxy) is 2. The molecule has 1 aliphatic rings. The van der Waals surface area contributed by atoms with E-state index in [9.17, 15) is 13.2 Å². The molecule has 4 rings (SSSR count). The SMILES string of the molecule is COC[C@@]1(C)CC(/C=N/c2[nH+]cnc3[nH]c(C(F)(F)F)cc23)c2ccccc2O1. The van der Waals surface area contributed by atoms with E-state index in [2.05, 4.69) is 19.9 Å². The Morgan fingerprint density at radius 1 is 1.41 bits per heavy atom. The van der Waals surface area contributed by atoms with Crippen molar-refractivity contribution >= 4 is 23.1 Å². The summed E-state index contributed by atoms with van der Waals surface area (Å²) in [5.41, 5.74) is -0.297. The molecule has 1 aromatic carbocycles. The number of fused-ring (bicyclic) bond motifs is 2. The standard InChI is InChI=1S/C20H19F3N4O2/c1-19(10-28-2)8-12(13-5-3-4-6-15(13)29-19)9-24-17-14-7-16(20(21,22)23)27-18(14)26-11-25-17/h3-7,9,11-12H,8,10H2,1-2H3,(H,25,26,27)/p+1/b24-9+/t12?,19-/m1/s1. The van der Waals surface area contributed by atoms with Crippen LogP contribution in [0.2, 0.25) is 0 Å². The zero-order chi connectivity index (χ0) is 20.6. The van der Waals surface area contributed by atoms with Crippen LogP contribution in [0.1, 0.15) is 30.5 Å². The lowest BCUT2D eigenvalue weighted by Gasteiger charge is -2.38. The van der Waals surface area contributed by atoms with E-state index in [1.807, 2.05) is 31.2 Å². The molecule has 0 saturated heterocycles. The molecule has 2 atom stereocenters. The summed E-state index contributed by atoms with van der Waals surface area (Å²) in [7, 11) is 1.62. The lowest BCUT2D eigenvalue weighted by atomic mass is 9.84. The molecule has 29 heavy (non-hydrogen) atoms. The highest BCUT2D eigenvalue weighted by molar-refractivity contribution is 5.87. The van der Waals surface area contributed by atoms with Crippen molar-refractivity contribution in [2.24, 2.45) is 4.99 Å². The minimum atomic E-state index is -4.48. The third-order valence-corrected chi connectivity index (χ3v) is 4.91. The van der Waals surface area contributed by atoms with Crippen LogP contribution in [0.3, 0.4) is 0 Å². The van der Waals surface area contributed by atoms with Crippen molar-refractivity contribution < 1.29 is 27.6 Å². The van der Waals surface area contributed by atoms with Crippen molar-refractivity contribution in [2.45, 2.75) is 31.0 Å². The van der Waals surface area contributed by atoms with Gasteiger partial charge in [0.2, 0.25) is 12.0 Å². The van der Waals surface area contributed by atoms with Crippen LogP contribution < -0.4 is 9.72 Å². The van der Waals surface area contributed by atoms with Gasteiger partial charge in [0.05, 0.1) is 12.8 Å². The van der Waals surface area contributed by atoms with Crippen LogP contribution in [0.4, 0.5) is 19.0 Å². The summed E-state index contributed by atoms with van der Waals surface area (Å²) in [5.74, 6) is 0.969. The van der Waals surface area contributed by atoms with E-state index in [-0.39, 0.29) is 17.0 Å². The number of H-pyrrole nitrogens is 2. The average molecular weight is 405 g/mol. The summed E-state index contributed by atoms with van der Waals surface area (Å²) in [6, 6.07) is 8.67.